The van der Waals surface area contributed by atoms with Crippen molar-refractivity contribution in [2.45, 2.75) is 45.3 Å². The summed E-state index contributed by atoms with van der Waals surface area (Å²) in [6, 6.07) is -0.934. The van der Waals surface area contributed by atoms with Gasteiger partial charge in [0.1, 0.15) is 6.04 Å². The smallest absolute Gasteiger partial charge is 0.324 e. The van der Waals surface area contributed by atoms with E-state index in [0.29, 0.717) is 25.9 Å². The zero-order chi connectivity index (χ0) is 15.3. The van der Waals surface area contributed by atoms with Crippen LogP contribution in [0, 0.1) is 0 Å². The molecular formula is C12H24N2O5S. The van der Waals surface area contributed by atoms with Crippen LogP contribution in [0.4, 0.5) is 0 Å². The van der Waals surface area contributed by atoms with Gasteiger partial charge in [-0.1, -0.05) is 13.8 Å². The zero-order valence-electron chi connectivity index (χ0n) is 12.3. The Kier molecular flexibility index (Phi) is 6.38. The average Bonchev–Trinajstić information content (AvgIpc) is 2.80. The van der Waals surface area contributed by atoms with Crippen LogP contribution in [0.25, 0.3) is 0 Å². The third kappa shape index (κ3) is 3.69. The quantitative estimate of drug-likeness (QED) is 0.667. The highest BCUT2D eigenvalue weighted by Crippen LogP contribution is 2.25. The fourth-order valence-electron chi connectivity index (χ4n) is 2.38. The van der Waals surface area contributed by atoms with E-state index in [1.807, 2.05) is 13.8 Å². The number of aliphatic hydroxyl groups is 1. The van der Waals surface area contributed by atoms with Gasteiger partial charge < -0.3 is 9.84 Å². The van der Waals surface area contributed by atoms with Crippen LogP contribution >= 0.6 is 0 Å². The first-order valence-corrected chi connectivity index (χ1v) is 8.30. The molecule has 0 spiro atoms. The Morgan fingerprint density at radius 1 is 1.35 bits per heavy atom. The molecule has 1 saturated heterocycles. The largest absolute Gasteiger partial charge is 0.468 e. The van der Waals surface area contributed by atoms with E-state index in [9.17, 15) is 18.3 Å². The molecule has 7 nitrogen and oxygen atoms in total. The van der Waals surface area contributed by atoms with Crippen molar-refractivity contribution in [2.24, 2.45) is 0 Å². The van der Waals surface area contributed by atoms with E-state index < -0.39 is 28.3 Å². The summed E-state index contributed by atoms with van der Waals surface area (Å²) in [6.45, 7) is 4.53. The van der Waals surface area contributed by atoms with Gasteiger partial charge in [-0.25, -0.2) is 0 Å². The van der Waals surface area contributed by atoms with Crippen molar-refractivity contribution in [3.8, 4) is 0 Å². The molecule has 2 unspecified atom stereocenters. The Hall–Kier alpha value is -0.700. The molecule has 0 amide bonds. The minimum Gasteiger partial charge on any atom is -0.468 e. The second kappa shape index (κ2) is 7.35. The Labute approximate surface area is 120 Å². The lowest BCUT2D eigenvalue weighted by Crippen LogP contribution is -2.49. The average molecular weight is 308 g/mol. The van der Waals surface area contributed by atoms with Crippen LogP contribution in [0.1, 0.15) is 33.1 Å². The Bertz CT molecular complexity index is 420. The zero-order valence-corrected chi connectivity index (χ0v) is 13.1. The number of carbonyl (C=O) groups excluding carboxylic acids is 1. The van der Waals surface area contributed by atoms with E-state index in [1.54, 1.807) is 0 Å². The number of rotatable bonds is 7. The Balaban J connectivity index is 3.01. The number of ether oxygens (including phenoxy) is 1. The van der Waals surface area contributed by atoms with Crippen molar-refractivity contribution in [1.82, 2.24) is 8.61 Å². The molecule has 0 saturated carbocycles. The second-order valence-electron chi connectivity index (χ2n) is 4.90. The van der Waals surface area contributed by atoms with Crippen LogP contribution in [-0.4, -0.2) is 67.0 Å². The number of hydrogen-bond acceptors (Lipinski definition) is 5. The Morgan fingerprint density at radius 2 is 1.90 bits per heavy atom. The van der Waals surface area contributed by atoms with Gasteiger partial charge >= 0.3 is 5.97 Å². The number of aliphatic hydroxyl groups excluding tert-OH is 1. The predicted octanol–water partition coefficient (Wildman–Crippen LogP) is -0.0386. The molecule has 0 aromatic heterocycles. The fourth-order valence-corrected chi connectivity index (χ4v) is 4.36. The number of esters is 1. The fraction of sp³-hybridized carbons (Fsp3) is 0.917. The standard InChI is InChI=1S/C12H24N2O5S/c1-4-6-13(7-5-2)20(17,18)14-9-10(15)8-11(14)12(16)19-3/h10-11,15H,4-9H2,1-3H3. The summed E-state index contributed by atoms with van der Waals surface area (Å²) in [5.41, 5.74) is 0. The van der Waals surface area contributed by atoms with Gasteiger partial charge in [0, 0.05) is 26.1 Å². The van der Waals surface area contributed by atoms with Gasteiger partial charge in [0.15, 0.2) is 0 Å². The maximum Gasteiger partial charge on any atom is 0.324 e. The first-order valence-electron chi connectivity index (χ1n) is 6.91. The minimum atomic E-state index is -3.76. The molecule has 1 aliphatic rings. The van der Waals surface area contributed by atoms with Gasteiger partial charge in [-0.3, -0.25) is 4.79 Å². The highest BCUT2D eigenvalue weighted by Gasteiger charge is 2.45. The van der Waals surface area contributed by atoms with E-state index in [0.717, 1.165) is 4.31 Å². The monoisotopic (exact) mass is 308 g/mol. The van der Waals surface area contributed by atoms with Crippen molar-refractivity contribution in [1.29, 1.82) is 0 Å². The number of nitrogens with zero attached hydrogens (tertiary/aromatic N) is 2. The first kappa shape index (κ1) is 17.4. The summed E-state index contributed by atoms with van der Waals surface area (Å²) >= 11 is 0. The molecule has 1 fully saturated rings. The molecule has 20 heavy (non-hydrogen) atoms. The molecule has 1 aliphatic heterocycles. The lowest BCUT2D eigenvalue weighted by Gasteiger charge is -2.29. The summed E-state index contributed by atoms with van der Waals surface area (Å²) < 4.78 is 32.3. The summed E-state index contributed by atoms with van der Waals surface area (Å²) in [6.07, 6.45) is 0.633. The highest BCUT2D eigenvalue weighted by molar-refractivity contribution is 7.86. The van der Waals surface area contributed by atoms with Gasteiger partial charge in [0.25, 0.3) is 10.2 Å². The van der Waals surface area contributed by atoms with Crippen LogP contribution in [0.2, 0.25) is 0 Å². The first-order chi connectivity index (χ1) is 9.38. The second-order valence-corrected chi connectivity index (χ2v) is 6.79. The Morgan fingerprint density at radius 3 is 2.35 bits per heavy atom. The summed E-state index contributed by atoms with van der Waals surface area (Å²) in [4.78, 5) is 11.7. The predicted molar refractivity (Wildman–Crippen MR) is 74.2 cm³/mol. The van der Waals surface area contributed by atoms with Crippen LogP contribution in [0.5, 0.6) is 0 Å². The molecule has 0 bridgehead atoms. The van der Waals surface area contributed by atoms with Crippen molar-refractivity contribution >= 4 is 16.2 Å². The van der Waals surface area contributed by atoms with E-state index in [1.165, 1.54) is 11.4 Å². The molecule has 0 aromatic rings. The molecule has 1 rings (SSSR count). The number of methoxy groups -OCH3 is 1. The number of β-amino-alcohol motifs (C(OH)–C–C–N with tert-alkyl or cyclic N) is 1. The lowest BCUT2D eigenvalue weighted by molar-refractivity contribution is -0.144. The lowest BCUT2D eigenvalue weighted by atomic mass is 10.2. The van der Waals surface area contributed by atoms with E-state index in [4.69, 9.17) is 0 Å². The number of hydrogen-bond donors (Lipinski definition) is 1. The van der Waals surface area contributed by atoms with Gasteiger partial charge in [0.2, 0.25) is 0 Å². The van der Waals surface area contributed by atoms with E-state index >= 15 is 0 Å². The highest BCUT2D eigenvalue weighted by atomic mass is 32.2. The van der Waals surface area contributed by atoms with Crippen molar-refractivity contribution in [3.63, 3.8) is 0 Å². The third-order valence-corrected chi connectivity index (χ3v) is 5.29. The third-order valence-electron chi connectivity index (χ3n) is 3.28. The molecule has 2 atom stereocenters. The molecule has 1 N–H and O–H groups in total. The van der Waals surface area contributed by atoms with Gasteiger partial charge in [-0.15, -0.1) is 0 Å². The number of carbonyl (C=O) groups is 1. The van der Waals surface area contributed by atoms with Crippen LogP contribution < -0.4 is 0 Å². The van der Waals surface area contributed by atoms with Crippen LogP contribution in [0.3, 0.4) is 0 Å². The maximum atomic E-state index is 12.6. The van der Waals surface area contributed by atoms with Crippen molar-refractivity contribution in [3.05, 3.63) is 0 Å². The van der Waals surface area contributed by atoms with Gasteiger partial charge in [0.05, 0.1) is 13.2 Å². The van der Waals surface area contributed by atoms with Crippen molar-refractivity contribution < 1.29 is 23.1 Å². The molecule has 1 heterocycles. The summed E-state index contributed by atoms with van der Waals surface area (Å²) in [7, 11) is -2.54. The molecule has 0 aromatic carbocycles. The SMILES string of the molecule is CCCN(CCC)S(=O)(=O)N1CC(O)CC1C(=O)OC. The minimum absolute atomic E-state index is 0.0635. The molecule has 0 aliphatic carbocycles. The van der Waals surface area contributed by atoms with E-state index in [-0.39, 0.29) is 13.0 Å². The van der Waals surface area contributed by atoms with Crippen LogP contribution in [-0.2, 0) is 19.7 Å². The van der Waals surface area contributed by atoms with Gasteiger partial charge in [-0.05, 0) is 12.8 Å². The van der Waals surface area contributed by atoms with E-state index in [2.05, 4.69) is 4.74 Å². The normalized spacial score (nSPS) is 24.2. The molecule has 8 heteroatoms. The van der Waals surface area contributed by atoms with Gasteiger partial charge in [-0.2, -0.15) is 17.0 Å². The molecule has 0 radical (unpaired) electrons. The summed E-state index contributed by atoms with van der Waals surface area (Å²) in [5, 5.41) is 9.69. The van der Waals surface area contributed by atoms with Crippen LogP contribution in [0.15, 0.2) is 0 Å². The molecule has 118 valence electrons. The maximum absolute atomic E-state index is 12.6. The van der Waals surface area contributed by atoms with Crippen molar-refractivity contribution in [2.75, 3.05) is 26.7 Å². The topological polar surface area (TPSA) is 87.2 Å². The summed E-state index contributed by atoms with van der Waals surface area (Å²) in [5.74, 6) is -0.627. The molecular weight excluding hydrogens is 284 g/mol.